The van der Waals surface area contributed by atoms with E-state index in [0.717, 1.165) is 31.7 Å². The maximum atomic E-state index is 12.5. The average molecular weight is 361 g/mol. The second-order valence-corrected chi connectivity index (χ2v) is 6.57. The molecular weight excluding hydrogens is 334 g/mol. The highest BCUT2D eigenvalue weighted by atomic mass is 16.6. The molecule has 1 aromatic rings. The Morgan fingerprint density at radius 1 is 1.12 bits per heavy atom. The fourth-order valence-corrected chi connectivity index (χ4v) is 3.37. The summed E-state index contributed by atoms with van der Waals surface area (Å²) in [5, 5.41) is 3.11. The highest BCUT2D eigenvalue weighted by Crippen LogP contribution is 2.14. The van der Waals surface area contributed by atoms with Crippen molar-refractivity contribution in [1.29, 1.82) is 0 Å². The molecule has 3 amide bonds. The molecule has 0 saturated carbocycles. The zero-order valence-electron chi connectivity index (χ0n) is 15.3. The summed E-state index contributed by atoms with van der Waals surface area (Å²) in [6.07, 6.45) is 3.05. The summed E-state index contributed by atoms with van der Waals surface area (Å²) in [6.45, 7) is 6.37. The van der Waals surface area contributed by atoms with Crippen molar-refractivity contribution in [1.82, 2.24) is 20.1 Å². The monoisotopic (exact) mass is 361 g/mol. The van der Waals surface area contributed by atoms with E-state index in [-0.39, 0.29) is 18.2 Å². The number of carbonyl (C=O) groups is 2. The number of rotatable bonds is 3. The van der Waals surface area contributed by atoms with Gasteiger partial charge in [-0.2, -0.15) is 0 Å². The molecule has 3 rings (SSSR count). The smallest absolute Gasteiger partial charge is 0.409 e. The first-order valence-corrected chi connectivity index (χ1v) is 9.30. The summed E-state index contributed by atoms with van der Waals surface area (Å²) < 4.78 is 5.02. The Hall–Kier alpha value is -2.51. The maximum Gasteiger partial charge on any atom is 0.409 e. The second-order valence-electron chi connectivity index (χ2n) is 6.57. The molecule has 8 nitrogen and oxygen atoms in total. The molecule has 2 fully saturated rings. The molecule has 2 aliphatic rings. The molecule has 0 aliphatic carbocycles. The quantitative estimate of drug-likeness (QED) is 0.883. The molecule has 2 saturated heterocycles. The van der Waals surface area contributed by atoms with Crippen LogP contribution in [0.4, 0.5) is 15.4 Å². The van der Waals surface area contributed by atoms with Gasteiger partial charge in [0.15, 0.2) is 0 Å². The molecule has 142 valence electrons. The number of piperidine rings is 1. The van der Waals surface area contributed by atoms with Crippen LogP contribution in [0.2, 0.25) is 0 Å². The first-order valence-electron chi connectivity index (χ1n) is 9.30. The van der Waals surface area contributed by atoms with E-state index in [1.165, 1.54) is 0 Å². The number of nitrogens with one attached hydrogen (secondary N) is 1. The van der Waals surface area contributed by atoms with Gasteiger partial charge in [0.25, 0.3) is 0 Å². The number of anilines is 1. The third-order valence-corrected chi connectivity index (χ3v) is 4.89. The van der Waals surface area contributed by atoms with Crippen LogP contribution >= 0.6 is 0 Å². The fraction of sp³-hybridized carbons (Fsp3) is 0.611. The van der Waals surface area contributed by atoms with Gasteiger partial charge in [0.2, 0.25) is 0 Å². The van der Waals surface area contributed by atoms with Crippen molar-refractivity contribution in [3.63, 3.8) is 0 Å². The number of ether oxygens (including phenoxy) is 1. The normalized spacial score (nSPS) is 18.6. The van der Waals surface area contributed by atoms with E-state index in [0.29, 0.717) is 32.8 Å². The minimum atomic E-state index is -0.261. The molecule has 1 aromatic heterocycles. The molecule has 0 atom stereocenters. The van der Waals surface area contributed by atoms with Gasteiger partial charge in [-0.1, -0.05) is 6.07 Å². The van der Waals surface area contributed by atoms with Crippen LogP contribution in [0, 0.1) is 0 Å². The van der Waals surface area contributed by atoms with Crippen LogP contribution in [-0.4, -0.2) is 78.8 Å². The Bertz CT molecular complexity index is 596. The number of piperazine rings is 1. The van der Waals surface area contributed by atoms with E-state index in [2.05, 4.69) is 15.2 Å². The lowest BCUT2D eigenvalue weighted by Gasteiger charge is -2.37. The van der Waals surface area contributed by atoms with Gasteiger partial charge in [-0.3, -0.25) is 0 Å². The Morgan fingerprint density at radius 2 is 1.85 bits per heavy atom. The van der Waals surface area contributed by atoms with Crippen LogP contribution in [0.15, 0.2) is 24.4 Å². The summed E-state index contributed by atoms with van der Waals surface area (Å²) >= 11 is 0. The number of urea groups is 1. The fourth-order valence-electron chi connectivity index (χ4n) is 3.37. The molecule has 26 heavy (non-hydrogen) atoms. The number of pyridine rings is 1. The zero-order chi connectivity index (χ0) is 18.4. The van der Waals surface area contributed by atoms with E-state index in [9.17, 15) is 9.59 Å². The number of hydrogen-bond donors (Lipinski definition) is 1. The van der Waals surface area contributed by atoms with Gasteiger partial charge in [-0.15, -0.1) is 0 Å². The third-order valence-electron chi connectivity index (χ3n) is 4.89. The first kappa shape index (κ1) is 18.3. The largest absolute Gasteiger partial charge is 0.450 e. The lowest BCUT2D eigenvalue weighted by molar-refractivity contribution is 0.0950. The van der Waals surface area contributed by atoms with Crippen LogP contribution in [0.5, 0.6) is 0 Å². The Balaban J connectivity index is 1.40. The number of hydrogen-bond acceptors (Lipinski definition) is 5. The first-order chi connectivity index (χ1) is 12.7. The number of nitrogens with zero attached hydrogens (tertiary/aromatic N) is 4. The van der Waals surface area contributed by atoms with Gasteiger partial charge in [0.1, 0.15) is 5.82 Å². The topological polar surface area (TPSA) is 78.0 Å². The van der Waals surface area contributed by atoms with Gasteiger partial charge in [-0.05, 0) is 31.9 Å². The van der Waals surface area contributed by atoms with E-state index in [1.807, 2.05) is 23.1 Å². The van der Waals surface area contributed by atoms with Crippen molar-refractivity contribution in [2.45, 2.75) is 25.8 Å². The molecule has 0 aromatic carbocycles. The lowest BCUT2D eigenvalue weighted by atomic mass is 10.1. The van der Waals surface area contributed by atoms with E-state index < -0.39 is 0 Å². The molecular formula is C18H27N5O3. The van der Waals surface area contributed by atoms with Crippen LogP contribution < -0.4 is 10.2 Å². The van der Waals surface area contributed by atoms with Crippen LogP contribution in [0.1, 0.15) is 19.8 Å². The summed E-state index contributed by atoms with van der Waals surface area (Å²) in [5.74, 6) is 0.957. The molecule has 3 heterocycles. The molecule has 8 heteroatoms. The molecule has 0 bridgehead atoms. The van der Waals surface area contributed by atoms with Crippen LogP contribution in [0.25, 0.3) is 0 Å². The van der Waals surface area contributed by atoms with Gasteiger partial charge < -0.3 is 24.8 Å². The number of amides is 3. The maximum absolute atomic E-state index is 12.5. The summed E-state index contributed by atoms with van der Waals surface area (Å²) in [7, 11) is 0. The molecule has 1 N–H and O–H groups in total. The minimum Gasteiger partial charge on any atom is -0.450 e. The van der Waals surface area contributed by atoms with E-state index in [4.69, 9.17) is 4.74 Å². The van der Waals surface area contributed by atoms with Crippen molar-refractivity contribution in [2.75, 3.05) is 50.8 Å². The van der Waals surface area contributed by atoms with E-state index >= 15 is 0 Å². The second kappa shape index (κ2) is 8.73. The van der Waals surface area contributed by atoms with Crippen LogP contribution in [0.3, 0.4) is 0 Å². The van der Waals surface area contributed by atoms with E-state index in [1.54, 1.807) is 18.0 Å². The molecule has 0 radical (unpaired) electrons. The summed E-state index contributed by atoms with van der Waals surface area (Å²) in [6, 6.07) is 5.97. The number of aromatic nitrogens is 1. The predicted octanol–water partition coefficient (Wildman–Crippen LogP) is 1.53. The van der Waals surface area contributed by atoms with Gasteiger partial charge in [0, 0.05) is 51.5 Å². The molecule has 0 unspecified atom stereocenters. The van der Waals surface area contributed by atoms with Crippen molar-refractivity contribution in [3.8, 4) is 0 Å². The van der Waals surface area contributed by atoms with Gasteiger partial charge >= 0.3 is 12.1 Å². The Labute approximate surface area is 154 Å². The molecule has 0 spiro atoms. The van der Waals surface area contributed by atoms with Crippen LogP contribution in [-0.2, 0) is 4.74 Å². The molecule has 2 aliphatic heterocycles. The predicted molar refractivity (Wildman–Crippen MR) is 98.2 cm³/mol. The standard InChI is InChI=1S/C18H27N5O3/c1-2-26-18(25)23-9-6-15(7-10-23)20-17(24)22-13-11-21(12-14-22)16-5-3-4-8-19-16/h3-5,8,15H,2,6-7,9-14H2,1H3,(H,20,24). The van der Waals surface area contributed by atoms with Crippen molar-refractivity contribution >= 4 is 17.9 Å². The van der Waals surface area contributed by atoms with Crippen molar-refractivity contribution in [3.05, 3.63) is 24.4 Å². The number of likely N-dealkylation sites (tertiary alicyclic amines) is 1. The third kappa shape index (κ3) is 4.56. The zero-order valence-corrected chi connectivity index (χ0v) is 15.3. The van der Waals surface area contributed by atoms with Gasteiger partial charge in [-0.25, -0.2) is 14.6 Å². The number of carbonyl (C=O) groups excluding carboxylic acids is 2. The Morgan fingerprint density at radius 3 is 2.46 bits per heavy atom. The lowest BCUT2D eigenvalue weighted by Crippen LogP contribution is -2.55. The highest BCUT2D eigenvalue weighted by Gasteiger charge is 2.27. The SMILES string of the molecule is CCOC(=O)N1CCC(NC(=O)N2CCN(c3ccccn3)CC2)CC1. The summed E-state index contributed by atoms with van der Waals surface area (Å²) in [4.78, 5) is 34.3. The summed E-state index contributed by atoms with van der Waals surface area (Å²) in [5.41, 5.74) is 0. The minimum absolute atomic E-state index is 0.0137. The van der Waals surface area contributed by atoms with Crippen molar-refractivity contribution < 1.29 is 14.3 Å². The highest BCUT2D eigenvalue weighted by molar-refractivity contribution is 5.75. The average Bonchev–Trinajstić information content (AvgIpc) is 2.69. The van der Waals surface area contributed by atoms with Gasteiger partial charge in [0.05, 0.1) is 6.61 Å². The Kier molecular flexibility index (Phi) is 6.14. The van der Waals surface area contributed by atoms with Crippen molar-refractivity contribution in [2.24, 2.45) is 0 Å².